The molecule has 1 aliphatic heterocycles. The van der Waals surface area contributed by atoms with Crippen molar-refractivity contribution in [2.75, 3.05) is 13.1 Å². The first kappa shape index (κ1) is 10.5. The van der Waals surface area contributed by atoms with E-state index < -0.39 is 0 Å². The Morgan fingerprint density at radius 1 is 1.12 bits per heavy atom. The lowest BCUT2D eigenvalue weighted by Gasteiger charge is -2.21. The molecular weight excluding hydrogens is 212 g/mol. The normalized spacial score (nSPS) is 17.2. The second-order valence-corrected chi connectivity index (χ2v) is 4.43. The van der Waals surface area contributed by atoms with Gasteiger partial charge in [-0.25, -0.2) is 4.98 Å². The van der Waals surface area contributed by atoms with Crippen molar-refractivity contribution in [2.24, 2.45) is 0 Å². The Kier molecular flexibility index (Phi) is 2.88. The van der Waals surface area contributed by atoms with Gasteiger partial charge in [0.15, 0.2) is 5.82 Å². The third-order valence-corrected chi connectivity index (χ3v) is 3.28. The third-order valence-electron chi connectivity index (χ3n) is 3.28. The number of rotatable bonds is 2. The van der Waals surface area contributed by atoms with Crippen molar-refractivity contribution in [1.82, 2.24) is 20.3 Å². The van der Waals surface area contributed by atoms with Crippen molar-refractivity contribution in [3.05, 3.63) is 36.3 Å². The van der Waals surface area contributed by atoms with Gasteiger partial charge >= 0.3 is 0 Å². The van der Waals surface area contributed by atoms with Crippen molar-refractivity contribution < 1.29 is 0 Å². The van der Waals surface area contributed by atoms with Crippen LogP contribution in [-0.2, 0) is 0 Å². The fourth-order valence-electron chi connectivity index (χ4n) is 2.31. The van der Waals surface area contributed by atoms with Crippen LogP contribution in [0.5, 0.6) is 0 Å². The predicted molar refractivity (Wildman–Crippen MR) is 66.7 cm³/mol. The van der Waals surface area contributed by atoms with Gasteiger partial charge in [-0.05, 0) is 38.1 Å². The maximum atomic E-state index is 4.42. The molecule has 3 heterocycles. The summed E-state index contributed by atoms with van der Waals surface area (Å²) in [6.45, 7) is 2.20. The number of hydrogen-bond acceptors (Lipinski definition) is 3. The summed E-state index contributed by atoms with van der Waals surface area (Å²) in [6.07, 6.45) is 6.12. The zero-order valence-corrected chi connectivity index (χ0v) is 9.69. The van der Waals surface area contributed by atoms with E-state index in [1.54, 1.807) is 6.20 Å². The van der Waals surface area contributed by atoms with Gasteiger partial charge in [-0.1, -0.05) is 6.07 Å². The first-order valence-electron chi connectivity index (χ1n) is 6.10. The molecule has 0 unspecified atom stereocenters. The molecule has 4 heteroatoms. The molecular formula is C13H16N4. The quantitative estimate of drug-likeness (QED) is 0.826. The minimum Gasteiger partial charge on any atom is -0.340 e. The summed E-state index contributed by atoms with van der Waals surface area (Å²) in [7, 11) is 0. The molecule has 2 N–H and O–H groups in total. The standard InChI is InChI=1S/C13H16N4/c1-2-6-15-11(3-1)13-16-9-12(17-13)10-4-7-14-8-5-10/h1-3,6,9-10,14H,4-5,7-8H2,(H,16,17). The Morgan fingerprint density at radius 2 is 2.00 bits per heavy atom. The smallest absolute Gasteiger partial charge is 0.156 e. The van der Waals surface area contributed by atoms with E-state index in [9.17, 15) is 0 Å². The van der Waals surface area contributed by atoms with Crippen molar-refractivity contribution in [1.29, 1.82) is 0 Å². The van der Waals surface area contributed by atoms with Gasteiger partial charge in [-0.3, -0.25) is 4.98 Å². The molecule has 0 bridgehead atoms. The van der Waals surface area contributed by atoms with Crippen LogP contribution in [0.4, 0.5) is 0 Å². The lowest BCUT2D eigenvalue weighted by atomic mass is 9.95. The molecule has 4 nitrogen and oxygen atoms in total. The minimum absolute atomic E-state index is 0.612. The fourth-order valence-corrected chi connectivity index (χ4v) is 2.31. The van der Waals surface area contributed by atoms with Gasteiger partial charge in [0.05, 0.1) is 0 Å². The van der Waals surface area contributed by atoms with Crippen LogP contribution in [0.1, 0.15) is 24.5 Å². The second kappa shape index (κ2) is 4.67. The second-order valence-electron chi connectivity index (χ2n) is 4.43. The largest absolute Gasteiger partial charge is 0.340 e. The summed E-state index contributed by atoms with van der Waals surface area (Å²) in [5.41, 5.74) is 2.15. The highest BCUT2D eigenvalue weighted by Crippen LogP contribution is 2.25. The molecule has 1 aliphatic rings. The molecule has 0 saturated carbocycles. The molecule has 1 fully saturated rings. The molecule has 17 heavy (non-hydrogen) atoms. The Bertz CT molecular complexity index is 471. The van der Waals surface area contributed by atoms with Crippen LogP contribution in [0.15, 0.2) is 30.6 Å². The third kappa shape index (κ3) is 2.22. The van der Waals surface area contributed by atoms with E-state index in [4.69, 9.17) is 0 Å². The summed E-state index contributed by atoms with van der Waals surface area (Å²) in [6, 6.07) is 5.88. The van der Waals surface area contributed by atoms with E-state index in [2.05, 4.69) is 20.3 Å². The summed E-state index contributed by atoms with van der Waals surface area (Å²) < 4.78 is 0. The van der Waals surface area contributed by atoms with Crippen LogP contribution in [0.2, 0.25) is 0 Å². The van der Waals surface area contributed by atoms with E-state index in [0.29, 0.717) is 5.92 Å². The molecule has 0 amide bonds. The molecule has 0 radical (unpaired) electrons. The van der Waals surface area contributed by atoms with Gasteiger partial charge in [0, 0.05) is 24.0 Å². The Labute approximate surface area is 101 Å². The predicted octanol–water partition coefficient (Wildman–Crippen LogP) is 1.94. The van der Waals surface area contributed by atoms with Gasteiger partial charge in [-0.15, -0.1) is 0 Å². The van der Waals surface area contributed by atoms with Crippen molar-refractivity contribution in [2.45, 2.75) is 18.8 Å². The van der Waals surface area contributed by atoms with Gasteiger partial charge in [-0.2, -0.15) is 0 Å². The first-order valence-corrected chi connectivity index (χ1v) is 6.10. The minimum atomic E-state index is 0.612. The lowest BCUT2D eigenvalue weighted by Crippen LogP contribution is -2.26. The number of aromatic amines is 1. The molecule has 3 rings (SSSR count). The zero-order chi connectivity index (χ0) is 11.5. The number of hydrogen-bond donors (Lipinski definition) is 2. The molecule has 88 valence electrons. The number of aromatic nitrogens is 3. The Hall–Kier alpha value is -1.68. The Balaban J connectivity index is 1.83. The number of nitrogens with zero attached hydrogens (tertiary/aromatic N) is 2. The lowest BCUT2D eigenvalue weighted by molar-refractivity contribution is 0.454. The van der Waals surface area contributed by atoms with E-state index in [-0.39, 0.29) is 0 Å². The zero-order valence-electron chi connectivity index (χ0n) is 9.69. The maximum absolute atomic E-state index is 4.42. The van der Waals surface area contributed by atoms with Crippen LogP contribution < -0.4 is 5.32 Å². The van der Waals surface area contributed by atoms with Crippen LogP contribution in [0.3, 0.4) is 0 Å². The van der Waals surface area contributed by atoms with Gasteiger partial charge < -0.3 is 10.3 Å². The highest BCUT2D eigenvalue weighted by Gasteiger charge is 2.17. The molecule has 2 aromatic rings. The number of imidazole rings is 1. The molecule has 1 saturated heterocycles. The first-order chi connectivity index (χ1) is 8.43. The van der Waals surface area contributed by atoms with Crippen molar-refractivity contribution in [3.63, 3.8) is 0 Å². The van der Waals surface area contributed by atoms with E-state index >= 15 is 0 Å². The van der Waals surface area contributed by atoms with Crippen molar-refractivity contribution >= 4 is 0 Å². The highest BCUT2D eigenvalue weighted by atomic mass is 15.0. The molecule has 0 aliphatic carbocycles. The van der Waals surface area contributed by atoms with Crippen LogP contribution in [-0.4, -0.2) is 28.0 Å². The summed E-state index contributed by atoms with van der Waals surface area (Å²) >= 11 is 0. The SMILES string of the molecule is c1ccc(-c2ncc(C3CCNCC3)[nH]2)nc1. The van der Waals surface area contributed by atoms with Crippen LogP contribution in [0.25, 0.3) is 11.5 Å². The topological polar surface area (TPSA) is 53.6 Å². The van der Waals surface area contributed by atoms with Gasteiger partial charge in [0.25, 0.3) is 0 Å². The number of H-pyrrole nitrogens is 1. The van der Waals surface area contributed by atoms with Crippen molar-refractivity contribution in [3.8, 4) is 11.5 Å². The summed E-state index contributed by atoms with van der Waals surface area (Å²) in [4.78, 5) is 12.1. The molecule has 0 spiro atoms. The highest BCUT2D eigenvalue weighted by molar-refractivity contribution is 5.48. The number of nitrogens with one attached hydrogen (secondary N) is 2. The molecule has 0 atom stereocenters. The summed E-state index contributed by atoms with van der Waals surface area (Å²) in [5.74, 6) is 1.49. The molecule has 2 aromatic heterocycles. The number of piperidine rings is 1. The van der Waals surface area contributed by atoms with Crippen LogP contribution in [0, 0.1) is 0 Å². The summed E-state index contributed by atoms with van der Waals surface area (Å²) in [5, 5.41) is 3.38. The molecule has 0 aromatic carbocycles. The number of pyridine rings is 1. The van der Waals surface area contributed by atoms with Gasteiger partial charge in [0.2, 0.25) is 0 Å². The Morgan fingerprint density at radius 3 is 2.76 bits per heavy atom. The van der Waals surface area contributed by atoms with E-state index in [1.807, 2.05) is 24.4 Å². The maximum Gasteiger partial charge on any atom is 0.156 e. The van der Waals surface area contributed by atoms with E-state index in [0.717, 1.165) is 24.6 Å². The van der Waals surface area contributed by atoms with Crippen LogP contribution >= 0.6 is 0 Å². The fraction of sp³-hybridized carbons (Fsp3) is 0.385. The monoisotopic (exact) mass is 228 g/mol. The average Bonchev–Trinajstić information content (AvgIpc) is 2.90. The van der Waals surface area contributed by atoms with E-state index in [1.165, 1.54) is 18.5 Å². The van der Waals surface area contributed by atoms with Gasteiger partial charge in [0.1, 0.15) is 5.69 Å². The average molecular weight is 228 g/mol.